The number of ether oxygens (including phenoxy) is 1. The van der Waals surface area contributed by atoms with E-state index in [1.54, 1.807) is 13.3 Å². The van der Waals surface area contributed by atoms with Gasteiger partial charge in [-0.25, -0.2) is 4.98 Å². The fourth-order valence-electron chi connectivity index (χ4n) is 4.14. The van der Waals surface area contributed by atoms with Crippen molar-refractivity contribution in [2.45, 2.75) is 12.8 Å². The molecule has 1 aromatic carbocycles. The van der Waals surface area contributed by atoms with Crippen LogP contribution >= 0.6 is 24.8 Å². The molecule has 0 radical (unpaired) electrons. The summed E-state index contributed by atoms with van der Waals surface area (Å²) in [7, 11) is 1.63. The Kier molecular flexibility index (Phi) is 8.56. The summed E-state index contributed by atoms with van der Waals surface area (Å²) in [6, 6.07) is 11.3. The van der Waals surface area contributed by atoms with Crippen LogP contribution in [0.4, 0.5) is 11.5 Å². The molecule has 1 amide bonds. The van der Waals surface area contributed by atoms with Crippen molar-refractivity contribution < 1.29 is 9.53 Å². The third-order valence-electron chi connectivity index (χ3n) is 5.70. The molecule has 2 N–H and O–H groups in total. The Labute approximate surface area is 184 Å². The number of hydrogen-bond donors (Lipinski definition) is 2. The minimum Gasteiger partial charge on any atom is -0.495 e. The number of likely N-dealkylation sites (tertiary alicyclic amines) is 1. The van der Waals surface area contributed by atoms with E-state index >= 15 is 0 Å². The van der Waals surface area contributed by atoms with Crippen LogP contribution in [0.2, 0.25) is 0 Å². The standard InChI is InChI=1S/C21H26N4O2.2ClH/c1-27-19-7-3-2-6-18(19)24-20-17(5-4-10-23-20)21(26)25-11-8-15-13-22-14-16(15)9-12-25;;/h2-7,10,15-16,22H,8-9,11-14H2,1H3,(H,23,24);2*1H/t15-,16+;;. The fraction of sp³-hybridized carbons (Fsp3) is 0.429. The van der Waals surface area contributed by atoms with E-state index in [0.29, 0.717) is 23.2 Å². The molecular weight excluding hydrogens is 411 g/mol. The van der Waals surface area contributed by atoms with Crippen molar-refractivity contribution in [2.75, 3.05) is 38.6 Å². The molecule has 6 nitrogen and oxygen atoms in total. The average molecular weight is 439 g/mol. The molecular formula is C21H28Cl2N4O2. The summed E-state index contributed by atoms with van der Waals surface area (Å²) in [6.07, 6.45) is 3.84. The Bertz CT molecular complexity index is 807. The summed E-state index contributed by atoms with van der Waals surface area (Å²) >= 11 is 0. The number of halogens is 2. The van der Waals surface area contributed by atoms with Crippen LogP contribution in [0.1, 0.15) is 23.2 Å². The molecule has 2 atom stereocenters. The van der Waals surface area contributed by atoms with Crippen LogP contribution < -0.4 is 15.4 Å². The lowest BCUT2D eigenvalue weighted by Gasteiger charge is -2.22. The zero-order chi connectivity index (χ0) is 18.6. The van der Waals surface area contributed by atoms with Crippen molar-refractivity contribution in [1.82, 2.24) is 15.2 Å². The van der Waals surface area contributed by atoms with Crippen LogP contribution in [0.25, 0.3) is 0 Å². The molecule has 4 rings (SSSR count). The highest BCUT2D eigenvalue weighted by Gasteiger charge is 2.32. The molecule has 8 heteroatoms. The first-order chi connectivity index (χ1) is 13.3. The third-order valence-corrected chi connectivity index (χ3v) is 5.70. The molecule has 0 unspecified atom stereocenters. The number of amides is 1. The second-order valence-electron chi connectivity index (χ2n) is 7.27. The lowest BCUT2D eigenvalue weighted by molar-refractivity contribution is 0.0759. The predicted octanol–water partition coefficient (Wildman–Crippen LogP) is 3.75. The number of pyridine rings is 1. The summed E-state index contributed by atoms with van der Waals surface area (Å²) in [5.74, 6) is 2.73. The maximum atomic E-state index is 13.2. The molecule has 158 valence electrons. The van der Waals surface area contributed by atoms with E-state index in [4.69, 9.17) is 4.74 Å². The minimum absolute atomic E-state index is 0. The molecule has 2 aromatic rings. The van der Waals surface area contributed by atoms with E-state index in [-0.39, 0.29) is 30.7 Å². The van der Waals surface area contributed by atoms with Crippen LogP contribution in [-0.2, 0) is 0 Å². The fourth-order valence-corrected chi connectivity index (χ4v) is 4.14. The number of carbonyl (C=O) groups is 1. The number of methoxy groups -OCH3 is 1. The van der Waals surface area contributed by atoms with Crippen LogP contribution in [-0.4, -0.2) is 49.1 Å². The molecule has 1 aromatic heterocycles. The normalized spacial score (nSPS) is 20.5. The van der Waals surface area contributed by atoms with E-state index in [0.717, 1.165) is 50.5 Å². The summed E-state index contributed by atoms with van der Waals surface area (Å²) in [5, 5.41) is 6.75. The number of para-hydroxylation sites is 2. The number of rotatable bonds is 4. The molecule has 0 spiro atoms. The van der Waals surface area contributed by atoms with Crippen LogP contribution in [0, 0.1) is 11.8 Å². The number of benzene rings is 1. The summed E-state index contributed by atoms with van der Waals surface area (Å²) in [5.41, 5.74) is 1.40. The van der Waals surface area contributed by atoms with Gasteiger partial charge in [-0.3, -0.25) is 4.79 Å². The topological polar surface area (TPSA) is 66.5 Å². The van der Waals surface area contributed by atoms with Crippen molar-refractivity contribution in [3.05, 3.63) is 48.2 Å². The number of anilines is 2. The second-order valence-corrected chi connectivity index (χ2v) is 7.27. The van der Waals surface area contributed by atoms with Gasteiger partial charge in [-0.05, 0) is 62.0 Å². The summed E-state index contributed by atoms with van der Waals surface area (Å²) in [6.45, 7) is 3.79. The number of nitrogens with zero attached hydrogens (tertiary/aromatic N) is 2. The van der Waals surface area contributed by atoms with E-state index in [2.05, 4.69) is 15.6 Å². The largest absolute Gasteiger partial charge is 0.495 e. The smallest absolute Gasteiger partial charge is 0.257 e. The Morgan fingerprint density at radius 1 is 1.10 bits per heavy atom. The van der Waals surface area contributed by atoms with Gasteiger partial charge < -0.3 is 20.3 Å². The highest BCUT2D eigenvalue weighted by molar-refractivity contribution is 5.99. The molecule has 2 saturated heterocycles. The van der Waals surface area contributed by atoms with E-state index < -0.39 is 0 Å². The Hall–Kier alpha value is -2.02. The van der Waals surface area contributed by atoms with Crippen LogP contribution in [0.15, 0.2) is 42.6 Å². The average Bonchev–Trinajstić information content (AvgIpc) is 3.06. The van der Waals surface area contributed by atoms with Crippen molar-refractivity contribution in [1.29, 1.82) is 0 Å². The molecule has 2 aliphatic rings. The lowest BCUT2D eigenvalue weighted by atomic mass is 9.92. The van der Waals surface area contributed by atoms with Gasteiger partial charge in [-0.1, -0.05) is 12.1 Å². The monoisotopic (exact) mass is 438 g/mol. The van der Waals surface area contributed by atoms with Gasteiger partial charge in [0.25, 0.3) is 5.91 Å². The third kappa shape index (κ3) is 5.13. The number of fused-ring (bicyclic) bond motifs is 1. The molecule has 3 heterocycles. The molecule has 0 bridgehead atoms. The van der Waals surface area contributed by atoms with Gasteiger partial charge in [0.15, 0.2) is 0 Å². The van der Waals surface area contributed by atoms with Crippen molar-refractivity contribution >= 4 is 42.2 Å². The number of aromatic nitrogens is 1. The Morgan fingerprint density at radius 2 is 1.79 bits per heavy atom. The first kappa shape index (κ1) is 23.3. The number of carbonyl (C=O) groups excluding carboxylic acids is 1. The molecule has 0 saturated carbocycles. The van der Waals surface area contributed by atoms with Gasteiger partial charge >= 0.3 is 0 Å². The highest BCUT2D eigenvalue weighted by Crippen LogP contribution is 2.30. The molecule has 2 aliphatic heterocycles. The van der Waals surface area contributed by atoms with E-state index in [1.165, 1.54) is 0 Å². The molecule has 2 fully saturated rings. The number of hydrogen-bond acceptors (Lipinski definition) is 5. The zero-order valence-corrected chi connectivity index (χ0v) is 18.1. The zero-order valence-electron chi connectivity index (χ0n) is 16.5. The van der Waals surface area contributed by atoms with Gasteiger partial charge in [-0.15, -0.1) is 24.8 Å². The highest BCUT2D eigenvalue weighted by atomic mass is 35.5. The van der Waals surface area contributed by atoms with Crippen molar-refractivity contribution in [2.24, 2.45) is 11.8 Å². The molecule has 29 heavy (non-hydrogen) atoms. The Morgan fingerprint density at radius 3 is 2.48 bits per heavy atom. The maximum absolute atomic E-state index is 13.2. The van der Waals surface area contributed by atoms with Crippen LogP contribution in [0.5, 0.6) is 5.75 Å². The van der Waals surface area contributed by atoms with E-state index in [9.17, 15) is 4.79 Å². The lowest BCUT2D eigenvalue weighted by Crippen LogP contribution is -2.33. The first-order valence-electron chi connectivity index (χ1n) is 9.61. The summed E-state index contributed by atoms with van der Waals surface area (Å²) in [4.78, 5) is 19.6. The molecule has 0 aliphatic carbocycles. The van der Waals surface area contributed by atoms with Crippen molar-refractivity contribution in [3.63, 3.8) is 0 Å². The second kappa shape index (κ2) is 10.7. The minimum atomic E-state index is 0. The maximum Gasteiger partial charge on any atom is 0.257 e. The van der Waals surface area contributed by atoms with Crippen molar-refractivity contribution in [3.8, 4) is 5.75 Å². The van der Waals surface area contributed by atoms with Gasteiger partial charge in [0.05, 0.1) is 18.4 Å². The SMILES string of the molecule is COc1ccccc1Nc1ncccc1C(=O)N1CC[C@@H]2CNC[C@@H]2CC1.Cl.Cl. The quantitative estimate of drug-likeness (QED) is 0.760. The van der Waals surface area contributed by atoms with Crippen LogP contribution in [0.3, 0.4) is 0 Å². The first-order valence-corrected chi connectivity index (χ1v) is 9.61. The van der Waals surface area contributed by atoms with Gasteiger partial charge in [0, 0.05) is 19.3 Å². The van der Waals surface area contributed by atoms with Gasteiger partial charge in [0.2, 0.25) is 0 Å². The predicted molar refractivity (Wildman–Crippen MR) is 120 cm³/mol. The summed E-state index contributed by atoms with van der Waals surface area (Å²) < 4.78 is 5.40. The van der Waals surface area contributed by atoms with Gasteiger partial charge in [0.1, 0.15) is 11.6 Å². The number of nitrogens with one attached hydrogen (secondary N) is 2. The Balaban J connectivity index is 0.00000150. The van der Waals surface area contributed by atoms with Gasteiger partial charge in [-0.2, -0.15) is 0 Å². The van der Waals surface area contributed by atoms with E-state index in [1.807, 2.05) is 41.3 Å².